The second kappa shape index (κ2) is 6.56. The smallest absolute Gasteiger partial charge is 0.102 e. The van der Waals surface area contributed by atoms with Crippen molar-refractivity contribution in [3.63, 3.8) is 0 Å². The number of nitrogens with one attached hydrogen (secondary N) is 1. The van der Waals surface area contributed by atoms with Gasteiger partial charge in [0.05, 0.1) is 11.3 Å². The average molecular weight is 248 g/mol. The third-order valence-electron chi connectivity index (χ3n) is 2.82. The van der Waals surface area contributed by atoms with Gasteiger partial charge in [0.1, 0.15) is 6.07 Å². The van der Waals surface area contributed by atoms with Gasteiger partial charge in [0.25, 0.3) is 0 Å². The number of hydrogen-bond acceptors (Lipinski definition) is 3. The molecule has 1 atom stereocenters. The predicted octanol–water partition coefficient (Wildman–Crippen LogP) is 4.13. The molecule has 0 spiro atoms. The zero-order valence-electron chi connectivity index (χ0n) is 10.9. The van der Waals surface area contributed by atoms with E-state index in [-0.39, 0.29) is 0 Å². The van der Waals surface area contributed by atoms with Crippen LogP contribution in [-0.2, 0) is 0 Å². The quantitative estimate of drug-likeness (QED) is 0.796. The summed E-state index contributed by atoms with van der Waals surface area (Å²) in [5.74, 6) is 1.53. The molecule has 0 bridgehead atoms. The molecule has 0 aliphatic heterocycles. The summed E-state index contributed by atoms with van der Waals surface area (Å²) in [6.07, 6.45) is 0. The number of benzene rings is 1. The Kier molecular flexibility index (Phi) is 5.37. The molecule has 0 aromatic heterocycles. The highest BCUT2D eigenvalue weighted by atomic mass is 32.2. The third-order valence-corrected chi connectivity index (χ3v) is 3.76. The molecule has 0 fully saturated rings. The molecule has 0 saturated carbocycles. The van der Waals surface area contributed by atoms with Crippen LogP contribution < -0.4 is 5.32 Å². The van der Waals surface area contributed by atoms with Gasteiger partial charge in [0.2, 0.25) is 0 Å². The summed E-state index contributed by atoms with van der Waals surface area (Å²) in [4.78, 5) is 1.07. The topological polar surface area (TPSA) is 35.8 Å². The van der Waals surface area contributed by atoms with E-state index in [2.05, 4.69) is 39.1 Å². The molecule has 0 aliphatic carbocycles. The maximum Gasteiger partial charge on any atom is 0.102 e. The molecule has 2 nitrogen and oxygen atoms in total. The number of thioether (sulfide) groups is 1. The molecule has 3 heteroatoms. The van der Waals surface area contributed by atoms with Gasteiger partial charge in [-0.15, -0.1) is 11.8 Å². The van der Waals surface area contributed by atoms with Gasteiger partial charge in [-0.05, 0) is 30.7 Å². The van der Waals surface area contributed by atoms with E-state index in [9.17, 15) is 5.26 Å². The van der Waals surface area contributed by atoms with Gasteiger partial charge in [-0.3, -0.25) is 0 Å². The van der Waals surface area contributed by atoms with Crippen molar-refractivity contribution in [2.45, 2.75) is 38.6 Å². The van der Waals surface area contributed by atoms with Crippen LogP contribution in [0.25, 0.3) is 0 Å². The fourth-order valence-corrected chi connectivity index (χ4v) is 2.24. The van der Waals surface area contributed by atoms with E-state index >= 15 is 0 Å². The average Bonchev–Trinajstić information content (AvgIpc) is 2.29. The molecule has 1 unspecified atom stereocenters. The summed E-state index contributed by atoms with van der Waals surface area (Å²) in [7, 11) is 0. The maximum absolute atomic E-state index is 9.27. The molecule has 17 heavy (non-hydrogen) atoms. The first-order valence-electron chi connectivity index (χ1n) is 6.02. The van der Waals surface area contributed by atoms with Gasteiger partial charge in [0.15, 0.2) is 0 Å². The third kappa shape index (κ3) is 3.67. The monoisotopic (exact) mass is 248 g/mol. The van der Waals surface area contributed by atoms with Crippen LogP contribution in [0.5, 0.6) is 0 Å². The minimum Gasteiger partial charge on any atom is -0.381 e. The van der Waals surface area contributed by atoms with Crippen LogP contribution in [0.2, 0.25) is 0 Å². The molecule has 0 heterocycles. The van der Waals surface area contributed by atoms with Gasteiger partial charge in [-0.2, -0.15) is 5.26 Å². The lowest BCUT2D eigenvalue weighted by molar-refractivity contribution is 0.560. The van der Waals surface area contributed by atoms with E-state index in [4.69, 9.17) is 0 Å². The first-order chi connectivity index (χ1) is 8.10. The minimum atomic E-state index is 0.365. The van der Waals surface area contributed by atoms with Crippen molar-refractivity contribution in [2.24, 2.45) is 5.92 Å². The van der Waals surface area contributed by atoms with Gasteiger partial charge in [-0.1, -0.05) is 26.8 Å². The predicted molar refractivity (Wildman–Crippen MR) is 75.5 cm³/mol. The van der Waals surface area contributed by atoms with Crippen LogP contribution in [0.1, 0.15) is 33.3 Å². The molecular formula is C14H20N2S. The number of rotatable bonds is 5. The lowest BCUT2D eigenvalue weighted by atomic mass is 10.1. The first kappa shape index (κ1) is 13.9. The van der Waals surface area contributed by atoms with Gasteiger partial charge < -0.3 is 5.32 Å². The second-order valence-corrected chi connectivity index (χ2v) is 5.71. The molecule has 0 aliphatic rings. The fraction of sp³-hybridized carbons (Fsp3) is 0.500. The van der Waals surface area contributed by atoms with Crippen LogP contribution in [-0.4, -0.2) is 11.8 Å². The Balaban J connectivity index is 3.00. The summed E-state index contributed by atoms with van der Waals surface area (Å²) in [5.41, 5.74) is 1.72. The van der Waals surface area contributed by atoms with Crippen LogP contribution in [0.15, 0.2) is 23.1 Å². The van der Waals surface area contributed by atoms with Gasteiger partial charge in [-0.25, -0.2) is 0 Å². The highest BCUT2D eigenvalue weighted by molar-refractivity contribution is 7.99. The summed E-state index contributed by atoms with van der Waals surface area (Å²) in [6.45, 7) is 8.59. The number of anilines is 1. The van der Waals surface area contributed by atoms with Crippen molar-refractivity contribution < 1.29 is 0 Å². The molecule has 0 saturated heterocycles. The number of hydrogen-bond donors (Lipinski definition) is 1. The standard InChI is InChI=1S/C14H20N2S/c1-5-17-14-8-6-7-13(12(14)9-15)16-11(4)10(2)3/h6-8,10-11,16H,5H2,1-4H3. The van der Waals surface area contributed by atoms with E-state index < -0.39 is 0 Å². The van der Waals surface area contributed by atoms with E-state index in [0.29, 0.717) is 12.0 Å². The number of nitrogens with zero attached hydrogens (tertiary/aromatic N) is 1. The summed E-state index contributed by atoms with van der Waals surface area (Å²) < 4.78 is 0. The summed E-state index contributed by atoms with van der Waals surface area (Å²) in [5, 5.41) is 12.7. The van der Waals surface area contributed by atoms with Crippen molar-refractivity contribution in [3.05, 3.63) is 23.8 Å². The van der Waals surface area contributed by atoms with Crippen LogP contribution in [0, 0.1) is 17.2 Å². The van der Waals surface area contributed by atoms with Crippen molar-refractivity contribution in [1.82, 2.24) is 0 Å². The largest absolute Gasteiger partial charge is 0.381 e. The van der Waals surface area contributed by atoms with Crippen LogP contribution >= 0.6 is 11.8 Å². The normalized spacial score (nSPS) is 12.2. The van der Waals surface area contributed by atoms with Crippen LogP contribution in [0.3, 0.4) is 0 Å². The number of nitriles is 1. The molecule has 1 aromatic rings. The maximum atomic E-state index is 9.27. The Morgan fingerprint density at radius 3 is 2.59 bits per heavy atom. The Labute approximate surface area is 108 Å². The fourth-order valence-electron chi connectivity index (χ4n) is 1.45. The molecular weight excluding hydrogens is 228 g/mol. The molecule has 1 aromatic carbocycles. The van der Waals surface area contributed by atoms with E-state index in [1.807, 2.05) is 18.2 Å². The van der Waals surface area contributed by atoms with Gasteiger partial charge >= 0.3 is 0 Å². The Bertz CT molecular complexity index is 407. The van der Waals surface area contributed by atoms with E-state index in [1.54, 1.807) is 11.8 Å². The van der Waals surface area contributed by atoms with E-state index in [0.717, 1.165) is 21.9 Å². The lowest BCUT2D eigenvalue weighted by Gasteiger charge is -2.20. The lowest BCUT2D eigenvalue weighted by Crippen LogP contribution is -2.22. The second-order valence-electron chi connectivity index (χ2n) is 4.40. The van der Waals surface area contributed by atoms with E-state index in [1.165, 1.54) is 0 Å². The van der Waals surface area contributed by atoms with Crippen molar-refractivity contribution in [2.75, 3.05) is 11.1 Å². The zero-order valence-corrected chi connectivity index (χ0v) is 11.8. The highest BCUT2D eigenvalue weighted by Gasteiger charge is 2.12. The summed E-state index contributed by atoms with van der Waals surface area (Å²) in [6, 6.07) is 8.68. The van der Waals surface area contributed by atoms with Crippen molar-refractivity contribution >= 4 is 17.4 Å². The van der Waals surface area contributed by atoms with Crippen LogP contribution in [0.4, 0.5) is 5.69 Å². The molecule has 92 valence electrons. The Morgan fingerprint density at radius 2 is 2.06 bits per heavy atom. The molecule has 0 radical (unpaired) electrons. The molecule has 0 amide bonds. The van der Waals surface area contributed by atoms with Gasteiger partial charge in [0, 0.05) is 10.9 Å². The Hall–Kier alpha value is -1.14. The zero-order chi connectivity index (χ0) is 12.8. The molecule has 1 N–H and O–H groups in total. The van der Waals surface area contributed by atoms with Crippen molar-refractivity contribution in [3.8, 4) is 6.07 Å². The Morgan fingerprint density at radius 1 is 1.35 bits per heavy atom. The highest BCUT2D eigenvalue weighted by Crippen LogP contribution is 2.28. The first-order valence-corrected chi connectivity index (χ1v) is 7.01. The summed E-state index contributed by atoms with van der Waals surface area (Å²) >= 11 is 1.71. The SMILES string of the molecule is CCSc1cccc(NC(C)C(C)C)c1C#N. The van der Waals surface area contributed by atoms with Crippen molar-refractivity contribution in [1.29, 1.82) is 5.26 Å². The minimum absolute atomic E-state index is 0.365. The molecule has 1 rings (SSSR count).